The lowest BCUT2D eigenvalue weighted by atomic mass is 10.3. The van der Waals surface area contributed by atoms with Crippen molar-refractivity contribution in [2.75, 3.05) is 0 Å². The molecule has 23 heavy (non-hydrogen) atoms. The number of rotatable bonds is 0. The van der Waals surface area contributed by atoms with Crippen LogP contribution in [0.1, 0.15) is 0 Å². The van der Waals surface area contributed by atoms with Crippen LogP contribution >= 0.6 is 23.2 Å². The summed E-state index contributed by atoms with van der Waals surface area (Å²) in [6.45, 7) is 0. The largest absolute Gasteiger partial charge is 0.344 e. The van der Waals surface area contributed by atoms with Gasteiger partial charge in [-0.1, -0.05) is 23.2 Å². The summed E-state index contributed by atoms with van der Waals surface area (Å²) in [6.07, 6.45) is 1.50. The lowest BCUT2D eigenvalue weighted by Gasteiger charge is -1.96. The number of hydrogen-bond donors (Lipinski definition) is 11. The Morgan fingerprint density at radius 2 is 1.04 bits per heavy atom. The third-order valence-electron chi connectivity index (χ3n) is 1.47. The van der Waals surface area contributed by atoms with E-state index in [1.807, 2.05) is 0 Å². The Balaban J connectivity index is -0.0000000192. The maximum atomic E-state index is 5.76. The van der Waals surface area contributed by atoms with Crippen LogP contribution in [-0.2, 0) is 0 Å². The Morgan fingerprint density at radius 3 is 1.48 bits per heavy atom. The minimum Gasteiger partial charge on any atom is -0.344 e. The Kier molecular flexibility index (Phi) is 85.1. The summed E-state index contributed by atoms with van der Waals surface area (Å²) in [7, 11) is 0. The van der Waals surface area contributed by atoms with Gasteiger partial charge in [0.25, 0.3) is 0 Å². The normalized spacial score (nSPS) is 5.48. The summed E-state index contributed by atoms with van der Waals surface area (Å²) in [5.41, 5.74) is 1.51. The summed E-state index contributed by atoms with van der Waals surface area (Å²) in [4.78, 5) is 8.12. The molecule has 0 fully saturated rings. The molecule has 148 valence electrons. The maximum absolute atomic E-state index is 5.76. The zero-order chi connectivity index (χ0) is 8.55. The molecule has 0 radical (unpaired) electrons. The van der Waals surface area contributed by atoms with Gasteiger partial charge in [-0.2, -0.15) is 0 Å². The molecule has 0 spiro atoms. The van der Waals surface area contributed by atoms with E-state index in [0.29, 0.717) is 10.2 Å². The van der Waals surface area contributed by atoms with Crippen LogP contribution in [0.5, 0.6) is 0 Å². The fraction of sp³-hybridized carbons (Fsp3) is 0. The first kappa shape index (κ1) is 67.9. The smallest absolute Gasteiger partial charge is 0.148 e. The fourth-order valence-electron chi connectivity index (χ4n) is 0.961. The minimum atomic E-state index is 0. The quantitative estimate of drug-likeness (QED) is 0.292. The van der Waals surface area contributed by atoms with Crippen molar-refractivity contribution in [2.45, 2.75) is 0 Å². The number of nitrogens with zero attached hydrogens (tertiary/aromatic N) is 2. The van der Waals surface area contributed by atoms with E-state index in [4.69, 9.17) is 23.2 Å². The van der Waals surface area contributed by atoms with Crippen molar-refractivity contribution < 1.29 is 0 Å². The second-order valence-corrected chi connectivity index (χ2v) is 3.15. The van der Waals surface area contributed by atoms with Gasteiger partial charge in [-0.05, 0) is 18.2 Å². The topological polar surface area (TPSA) is 411 Å². The van der Waals surface area contributed by atoms with Gasteiger partial charge in [-0.25, -0.2) is 4.98 Å². The molecule has 1 aromatic carbocycles. The van der Waals surface area contributed by atoms with Crippen molar-refractivity contribution in [1.29, 1.82) is 0 Å². The highest BCUT2D eigenvalue weighted by atomic mass is 35.5. The van der Waals surface area contributed by atoms with Crippen molar-refractivity contribution in [1.82, 2.24) is 77.6 Å². The number of hydrogen-bond acceptors (Lipinski definition) is 13. The number of benzene rings is 1. The average molecular weight is 386 g/mol. The monoisotopic (exact) mass is 385 g/mol. The molecule has 0 saturated heterocycles. The molecule has 0 aliphatic heterocycles. The molecule has 1 aromatic heterocycles. The van der Waals surface area contributed by atoms with Gasteiger partial charge >= 0.3 is 0 Å². The summed E-state index contributed by atoms with van der Waals surface area (Å²) in [5, 5.41) is 1.05. The van der Waals surface area contributed by atoms with Crippen LogP contribution in [0.15, 0.2) is 24.4 Å². The highest BCUT2D eigenvalue weighted by Crippen LogP contribution is 2.16. The Bertz CT molecular complexity index is 402. The number of aromatic nitrogens is 2. The third kappa shape index (κ3) is 16.9. The SMILES string of the molecule is Clc1ccc2nc(Cl)cnc2c1.N.N.N.N.N.N.N.N.N.N.N. The number of fused-ring (bicyclic) bond motifs is 1. The predicted molar refractivity (Wildman–Crippen MR) is 105 cm³/mol. The van der Waals surface area contributed by atoms with E-state index in [0.717, 1.165) is 11.0 Å². The molecule has 0 atom stereocenters. The van der Waals surface area contributed by atoms with E-state index in [1.54, 1.807) is 18.2 Å². The van der Waals surface area contributed by atoms with Gasteiger partial charge in [0.2, 0.25) is 0 Å². The average Bonchev–Trinajstić information content (AvgIpc) is 2.05. The number of halogens is 2. The van der Waals surface area contributed by atoms with E-state index in [1.165, 1.54) is 6.20 Å². The molecule has 0 unspecified atom stereocenters. The van der Waals surface area contributed by atoms with E-state index in [9.17, 15) is 0 Å². The first-order chi connectivity index (χ1) is 5.75. The van der Waals surface area contributed by atoms with Crippen LogP contribution in [0.2, 0.25) is 10.2 Å². The first-order valence-electron chi connectivity index (χ1n) is 3.33. The van der Waals surface area contributed by atoms with Crippen LogP contribution in [0.25, 0.3) is 11.0 Å². The van der Waals surface area contributed by atoms with E-state index in [-0.39, 0.29) is 67.7 Å². The van der Waals surface area contributed by atoms with Crippen LogP contribution in [0.3, 0.4) is 0 Å². The molecule has 0 aliphatic carbocycles. The molecule has 33 N–H and O–H groups in total. The second kappa shape index (κ2) is 28.8. The van der Waals surface area contributed by atoms with Crippen LogP contribution < -0.4 is 67.7 Å². The summed E-state index contributed by atoms with van der Waals surface area (Å²) in [6, 6.07) is 5.30. The van der Waals surface area contributed by atoms with E-state index < -0.39 is 0 Å². The molecule has 1 heterocycles. The predicted octanol–water partition coefficient (Wildman–Crippen LogP) is 4.72. The summed E-state index contributed by atoms with van der Waals surface area (Å²) >= 11 is 11.4. The minimum absolute atomic E-state index is 0. The fourth-order valence-corrected chi connectivity index (χ4v) is 1.27. The van der Waals surface area contributed by atoms with Crippen LogP contribution in [0, 0.1) is 0 Å². The van der Waals surface area contributed by atoms with Gasteiger partial charge in [-0.15, -0.1) is 0 Å². The molecule has 2 aromatic rings. The maximum Gasteiger partial charge on any atom is 0.148 e. The molecule has 13 nitrogen and oxygen atoms in total. The highest BCUT2D eigenvalue weighted by molar-refractivity contribution is 6.31. The van der Waals surface area contributed by atoms with E-state index >= 15 is 0 Å². The van der Waals surface area contributed by atoms with Crippen molar-refractivity contribution >= 4 is 34.2 Å². The molecule has 0 bridgehead atoms. The van der Waals surface area contributed by atoms with Gasteiger partial charge in [0, 0.05) is 5.02 Å². The Labute approximate surface area is 147 Å². The molecular formula is C8H37Cl2N13. The van der Waals surface area contributed by atoms with Crippen molar-refractivity contribution in [3.8, 4) is 0 Å². The van der Waals surface area contributed by atoms with Gasteiger partial charge < -0.3 is 67.7 Å². The summed E-state index contributed by atoms with van der Waals surface area (Å²) in [5.74, 6) is 0. The Hall–Kier alpha value is -1.30. The van der Waals surface area contributed by atoms with Crippen molar-refractivity contribution in [3.05, 3.63) is 34.6 Å². The van der Waals surface area contributed by atoms with Gasteiger partial charge in [0.1, 0.15) is 5.15 Å². The molecule has 2 rings (SSSR count). The Morgan fingerprint density at radius 1 is 0.609 bits per heavy atom. The zero-order valence-electron chi connectivity index (χ0n) is 13.7. The van der Waals surface area contributed by atoms with Gasteiger partial charge in [-0.3, -0.25) is 4.98 Å². The molecule has 0 saturated carbocycles. The standard InChI is InChI=1S/C8H4Cl2N2.11H3N/c9-5-1-2-6-7(3-5)11-4-8(10)12-6;;;;;;;;;;;/h1-4H;11*1H3. The third-order valence-corrected chi connectivity index (χ3v) is 1.89. The molecule has 15 heteroatoms. The van der Waals surface area contributed by atoms with Crippen LogP contribution in [0.4, 0.5) is 0 Å². The van der Waals surface area contributed by atoms with Gasteiger partial charge in [0.15, 0.2) is 0 Å². The lowest BCUT2D eigenvalue weighted by molar-refractivity contribution is 1.29. The second-order valence-electron chi connectivity index (χ2n) is 2.33. The first-order valence-corrected chi connectivity index (χ1v) is 4.09. The molecule has 0 amide bonds. The van der Waals surface area contributed by atoms with Crippen LogP contribution in [-0.4, -0.2) is 9.97 Å². The van der Waals surface area contributed by atoms with Gasteiger partial charge in [0.05, 0.1) is 17.2 Å². The zero-order valence-corrected chi connectivity index (χ0v) is 15.2. The summed E-state index contributed by atoms with van der Waals surface area (Å²) < 4.78 is 0. The van der Waals surface area contributed by atoms with Crippen molar-refractivity contribution in [3.63, 3.8) is 0 Å². The van der Waals surface area contributed by atoms with E-state index in [2.05, 4.69) is 9.97 Å². The lowest BCUT2D eigenvalue weighted by Crippen LogP contribution is -1.82. The molecular weight excluding hydrogens is 349 g/mol. The highest BCUT2D eigenvalue weighted by Gasteiger charge is 1.97. The molecule has 0 aliphatic rings. The van der Waals surface area contributed by atoms with Crippen molar-refractivity contribution in [2.24, 2.45) is 0 Å².